The summed E-state index contributed by atoms with van der Waals surface area (Å²) in [6.07, 6.45) is 92.1. The molecule has 0 aliphatic carbocycles. The van der Waals surface area contributed by atoms with Gasteiger partial charge in [-0.05, 0) is 96.3 Å². The number of carbonyl (C=O) groups is 2. The smallest absolute Gasteiger partial charge is 0.306 e. The number of hydrogen-bond donors (Lipinski definition) is 0. The standard InChI is InChI=1S/C76H136NO8P/c1-6-8-10-12-14-16-18-20-22-24-26-28-30-32-33-34-35-36-37-38-39-40-41-42-43-45-47-49-51-53-55-57-59-61-63-65-67-69-76(79)85-74(73-84-86(80,81)83-71-70-77(3,4)5)72-82-75(78)68-66-64-62-60-58-56-54-52-50-48-46-44-31-29-27-25-23-21-19-17-15-13-11-9-7-2/h8,10,14,16,19-22,25-28,31-33,44,74H,6-7,9,11-13,15,17-18,23-24,29-30,34-43,45-73H2,1-5H3/b10-8-,16-14-,21-19-,22-20-,27-25-,28-26-,33-32-,44-31-. The minimum atomic E-state index is -4.65. The fourth-order valence-electron chi connectivity index (χ4n) is 10.1. The van der Waals surface area contributed by atoms with E-state index in [4.69, 9.17) is 18.5 Å². The molecule has 9 nitrogen and oxygen atoms in total. The molecule has 0 aromatic carbocycles. The maximum Gasteiger partial charge on any atom is 0.306 e. The van der Waals surface area contributed by atoms with Gasteiger partial charge in [0.2, 0.25) is 0 Å². The molecule has 0 N–H and O–H groups in total. The number of likely N-dealkylation sites (N-methyl/N-ethyl adjacent to an activating group) is 1. The molecule has 0 aliphatic rings. The Morgan fingerprint density at radius 2 is 0.663 bits per heavy atom. The van der Waals surface area contributed by atoms with Crippen LogP contribution in [0.15, 0.2) is 97.2 Å². The summed E-state index contributed by atoms with van der Waals surface area (Å²) < 4.78 is 34.3. The lowest BCUT2D eigenvalue weighted by atomic mass is 10.0. The van der Waals surface area contributed by atoms with E-state index in [9.17, 15) is 19.0 Å². The van der Waals surface area contributed by atoms with Crippen LogP contribution in [0.2, 0.25) is 0 Å². The average Bonchev–Trinajstić information content (AvgIpc) is 3.67. The first-order valence-electron chi connectivity index (χ1n) is 35.9. The van der Waals surface area contributed by atoms with Crippen LogP contribution in [-0.2, 0) is 32.7 Å². The third kappa shape index (κ3) is 70.0. The predicted molar refractivity (Wildman–Crippen MR) is 369 cm³/mol. The van der Waals surface area contributed by atoms with E-state index in [0.29, 0.717) is 17.4 Å². The molecule has 2 unspecified atom stereocenters. The van der Waals surface area contributed by atoms with Crippen molar-refractivity contribution in [3.63, 3.8) is 0 Å². The van der Waals surface area contributed by atoms with Crippen LogP contribution in [0.3, 0.4) is 0 Å². The maximum atomic E-state index is 12.9. The normalized spacial score (nSPS) is 13.7. The van der Waals surface area contributed by atoms with Gasteiger partial charge in [-0.2, -0.15) is 0 Å². The second-order valence-electron chi connectivity index (χ2n) is 25.2. The van der Waals surface area contributed by atoms with E-state index in [2.05, 4.69) is 111 Å². The molecule has 86 heavy (non-hydrogen) atoms. The van der Waals surface area contributed by atoms with Crippen LogP contribution in [0.25, 0.3) is 0 Å². The first kappa shape index (κ1) is 82.9. The molecule has 0 rings (SSSR count). The summed E-state index contributed by atoms with van der Waals surface area (Å²) >= 11 is 0. The summed E-state index contributed by atoms with van der Waals surface area (Å²) in [5, 5.41) is 0. The van der Waals surface area contributed by atoms with E-state index >= 15 is 0 Å². The maximum absolute atomic E-state index is 12.9. The Balaban J connectivity index is 4.00. The van der Waals surface area contributed by atoms with Gasteiger partial charge in [0.25, 0.3) is 7.82 Å². The van der Waals surface area contributed by atoms with Crippen molar-refractivity contribution in [2.24, 2.45) is 0 Å². The Hall–Kier alpha value is -3.07. The van der Waals surface area contributed by atoms with Gasteiger partial charge in [-0.3, -0.25) is 14.2 Å². The van der Waals surface area contributed by atoms with E-state index < -0.39 is 26.5 Å². The van der Waals surface area contributed by atoms with Crippen LogP contribution in [0.4, 0.5) is 0 Å². The Labute approximate surface area is 532 Å². The minimum absolute atomic E-state index is 0.0330. The number of rotatable bonds is 66. The summed E-state index contributed by atoms with van der Waals surface area (Å²) in [5.74, 6) is -0.827. The van der Waals surface area contributed by atoms with Crippen LogP contribution in [0.5, 0.6) is 0 Å². The van der Waals surface area contributed by atoms with Gasteiger partial charge in [0.05, 0.1) is 27.7 Å². The molecule has 0 aliphatic heterocycles. The molecular formula is C76H136NO8P. The molecular weight excluding hydrogens is 1090 g/mol. The Kier molecular flexibility index (Phi) is 64.0. The van der Waals surface area contributed by atoms with Gasteiger partial charge in [0.1, 0.15) is 19.8 Å². The zero-order valence-electron chi connectivity index (χ0n) is 56.7. The van der Waals surface area contributed by atoms with Gasteiger partial charge in [-0.25, -0.2) is 0 Å². The zero-order valence-corrected chi connectivity index (χ0v) is 57.6. The first-order chi connectivity index (χ1) is 42.0. The van der Waals surface area contributed by atoms with Crippen molar-refractivity contribution in [3.05, 3.63) is 97.2 Å². The summed E-state index contributed by atoms with van der Waals surface area (Å²) in [5.41, 5.74) is 0. The van der Waals surface area contributed by atoms with Gasteiger partial charge in [-0.15, -0.1) is 0 Å². The highest BCUT2D eigenvalue weighted by Gasteiger charge is 2.22. The molecule has 0 spiro atoms. The molecule has 2 atom stereocenters. The molecule has 0 saturated heterocycles. The van der Waals surface area contributed by atoms with Gasteiger partial charge < -0.3 is 27.9 Å². The van der Waals surface area contributed by atoms with E-state index in [1.165, 1.54) is 205 Å². The molecule has 0 heterocycles. The van der Waals surface area contributed by atoms with Crippen LogP contribution in [0, 0.1) is 0 Å². The second-order valence-corrected chi connectivity index (χ2v) is 26.6. The molecule has 0 radical (unpaired) electrons. The highest BCUT2D eigenvalue weighted by Crippen LogP contribution is 2.38. The molecule has 0 fully saturated rings. The number of phosphoric acid groups is 1. The van der Waals surface area contributed by atoms with Crippen molar-refractivity contribution >= 4 is 19.8 Å². The summed E-state index contributed by atoms with van der Waals surface area (Å²) in [4.78, 5) is 38.1. The average molecular weight is 1220 g/mol. The van der Waals surface area contributed by atoms with Crippen LogP contribution in [0.1, 0.15) is 322 Å². The van der Waals surface area contributed by atoms with Crippen molar-refractivity contribution in [1.82, 2.24) is 0 Å². The number of allylic oxidation sites excluding steroid dienone is 16. The lowest BCUT2D eigenvalue weighted by Gasteiger charge is -2.28. The fourth-order valence-corrected chi connectivity index (χ4v) is 10.8. The van der Waals surface area contributed by atoms with E-state index in [1.54, 1.807) is 0 Å². The lowest BCUT2D eigenvalue weighted by Crippen LogP contribution is -2.37. The Morgan fingerprint density at radius 1 is 0.372 bits per heavy atom. The molecule has 498 valence electrons. The molecule has 0 aromatic heterocycles. The minimum Gasteiger partial charge on any atom is -0.756 e. The first-order valence-corrected chi connectivity index (χ1v) is 37.4. The van der Waals surface area contributed by atoms with Crippen LogP contribution >= 0.6 is 7.82 Å². The highest BCUT2D eigenvalue weighted by molar-refractivity contribution is 7.45. The largest absolute Gasteiger partial charge is 0.756 e. The van der Waals surface area contributed by atoms with Gasteiger partial charge in [0.15, 0.2) is 6.10 Å². The number of quaternary nitrogens is 1. The number of nitrogens with zero attached hydrogens (tertiary/aromatic N) is 1. The van der Waals surface area contributed by atoms with Crippen molar-refractivity contribution < 1.29 is 42.1 Å². The van der Waals surface area contributed by atoms with Crippen LogP contribution in [-0.4, -0.2) is 70.0 Å². The third-order valence-corrected chi connectivity index (χ3v) is 16.6. The van der Waals surface area contributed by atoms with Crippen molar-refractivity contribution in [3.8, 4) is 0 Å². The van der Waals surface area contributed by atoms with Gasteiger partial charge in [-0.1, -0.05) is 310 Å². The van der Waals surface area contributed by atoms with Crippen LogP contribution < -0.4 is 4.89 Å². The lowest BCUT2D eigenvalue weighted by molar-refractivity contribution is -0.870. The van der Waals surface area contributed by atoms with Crippen molar-refractivity contribution in [1.29, 1.82) is 0 Å². The second kappa shape index (κ2) is 66.4. The van der Waals surface area contributed by atoms with Crippen molar-refractivity contribution in [2.45, 2.75) is 328 Å². The molecule has 0 aromatic rings. The zero-order chi connectivity index (χ0) is 62.6. The number of hydrogen-bond acceptors (Lipinski definition) is 8. The predicted octanol–water partition coefficient (Wildman–Crippen LogP) is 22.9. The number of unbranched alkanes of at least 4 members (excludes halogenated alkanes) is 36. The number of carbonyl (C=O) groups excluding carboxylic acids is 2. The monoisotopic (exact) mass is 1220 g/mol. The SMILES string of the molecule is CC/C=C\C/C=C\C/C=C\C/C=C\C/C=C\CCCCCCCCCCCCCCCCCCCCCCCC(=O)OC(COC(=O)CCCCCCCCCCCC/C=C\C/C=C\C/C=C\CCCCCCC)COP(=O)([O-])OCC[N+](C)(C)C. The van der Waals surface area contributed by atoms with E-state index in [-0.39, 0.29) is 32.0 Å². The molecule has 0 bridgehead atoms. The highest BCUT2D eigenvalue weighted by atomic mass is 31.2. The topological polar surface area (TPSA) is 111 Å². The van der Waals surface area contributed by atoms with Crippen molar-refractivity contribution in [2.75, 3.05) is 47.5 Å². The number of phosphoric ester groups is 1. The molecule has 0 saturated carbocycles. The van der Waals surface area contributed by atoms with E-state index in [0.717, 1.165) is 83.5 Å². The Bertz CT molecular complexity index is 1770. The number of ether oxygens (including phenoxy) is 2. The van der Waals surface area contributed by atoms with Gasteiger partial charge >= 0.3 is 11.9 Å². The third-order valence-electron chi connectivity index (χ3n) is 15.6. The summed E-state index contributed by atoms with van der Waals surface area (Å²) in [6.45, 7) is 4.14. The molecule has 0 amide bonds. The molecule has 10 heteroatoms. The van der Waals surface area contributed by atoms with Gasteiger partial charge in [0, 0.05) is 12.8 Å². The summed E-state index contributed by atoms with van der Waals surface area (Å²) in [7, 11) is 1.17. The fraction of sp³-hybridized carbons (Fsp3) is 0.763. The quantitative estimate of drug-likeness (QED) is 0.0195. The number of esters is 2. The Morgan fingerprint density at radius 3 is 0.988 bits per heavy atom. The van der Waals surface area contributed by atoms with E-state index in [1.807, 2.05) is 21.1 Å². The summed E-state index contributed by atoms with van der Waals surface area (Å²) in [6, 6.07) is 0.